The van der Waals surface area contributed by atoms with Gasteiger partial charge < -0.3 is 10.6 Å². The van der Waals surface area contributed by atoms with Crippen LogP contribution in [0.2, 0.25) is 0 Å². The first-order valence-corrected chi connectivity index (χ1v) is 7.48. The molecule has 0 amide bonds. The number of hydrogen-bond acceptors (Lipinski definition) is 3. The lowest BCUT2D eigenvalue weighted by Gasteiger charge is -2.37. The molecule has 1 aliphatic carbocycles. The topological polar surface area (TPSA) is 29.3 Å². The molecule has 88 valence electrons. The van der Waals surface area contributed by atoms with E-state index in [-0.39, 0.29) is 0 Å². The predicted molar refractivity (Wildman–Crippen MR) is 68.3 cm³/mol. The van der Waals surface area contributed by atoms with E-state index in [4.69, 9.17) is 5.73 Å². The zero-order chi connectivity index (χ0) is 10.7. The number of nitrogens with two attached hydrogens (primary N) is 1. The summed E-state index contributed by atoms with van der Waals surface area (Å²) in [6, 6.07) is 1.62. The molecule has 0 aromatic heterocycles. The molecule has 2 N–H and O–H groups in total. The summed E-state index contributed by atoms with van der Waals surface area (Å²) in [5, 5.41) is 0. The van der Waals surface area contributed by atoms with Crippen molar-refractivity contribution in [1.82, 2.24) is 4.90 Å². The molecule has 0 aromatic carbocycles. The van der Waals surface area contributed by atoms with Gasteiger partial charge in [0.2, 0.25) is 0 Å². The summed E-state index contributed by atoms with van der Waals surface area (Å²) in [7, 11) is 2.33. The molecule has 2 rings (SSSR count). The minimum Gasteiger partial charge on any atom is -0.330 e. The van der Waals surface area contributed by atoms with Crippen molar-refractivity contribution < 1.29 is 0 Å². The van der Waals surface area contributed by atoms with E-state index >= 15 is 0 Å². The first kappa shape index (κ1) is 11.7. The van der Waals surface area contributed by atoms with Crippen LogP contribution < -0.4 is 5.73 Å². The molecular formula is C12H24N2S. The molecule has 2 aliphatic rings. The molecule has 1 heterocycles. The first-order valence-electron chi connectivity index (χ1n) is 6.32. The molecule has 2 unspecified atom stereocenters. The summed E-state index contributed by atoms with van der Waals surface area (Å²) < 4.78 is 0. The summed E-state index contributed by atoms with van der Waals surface area (Å²) in [6.45, 7) is 0.885. The first-order chi connectivity index (χ1) is 7.33. The second-order valence-corrected chi connectivity index (χ2v) is 6.23. The summed E-state index contributed by atoms with van der Waals surface area (Å²) in [5.41, 5.74) is 5.86. The molecule has 0 aromatic rings. The molecule has 1 aliphatic heterocycles. The quantitative estimate of drug-likeness (QED) is 0.800. The molecule has 15 heavy (non-hydrogen) atoms. The zero-order valence-corrected chi connectivity index (χ0v) is 10.6. The molecule has 2 fully saturated rings. The lowest BCUT2D eigenvalue weighted by molar-refractivity contribution is 0.135. The minimum atomic E-state index is 0.768. The standard InChI is InChI=1S/C12H24N2S/c1-14(11-5-7-15-8-6-11)12-4-2-3-10(12)9-13/h10-12H,2-9,13H2,1H3. The third-order valence-electron chi connectivity index (χ3n) is 4.21. The molecule has 2 atom stereocenters. The Kier molecular flexibility index (Phi) is 4.35. The molecule has 1 saturated carbocycles. The van der Waals surface area contributed by atoms with Crippen molar-refractivity contribution in [1.29, 1.82) is 0 Å². The van der Waals surface area contributed by atoms with E-state index in [0.717, 1.165) is 24.5 Å². The van der Waals surface area contributed by atoms with E-state index in [2.05, 4.69) is 23.7 Å². The average Bonchev–Trinajstić information content (AvgIpc) is 2.77. The highest BCUT2D eigenvalue weighted by Crippen LogP contribution is 2.32. The van der Waals surface area contributed by atoms with Crippen LogP contribution in [-0.2, 0) is 0 Å². The summed E-state index contributed by atoms with van der Waals surface area (Å²) in [5.74, 6) is 3.48. The number of nitrogens with zero attached hydrogens (tertiary/aromatic N) is 1. The predicted octanol–water partition coefficient (Wildman–Crippen LogP) is 1.94. The maximum Gasteiger partial charge on any atom is 0.0135 e. The van der Waals surface area contributed by atoms with E-state index < -0.39 is 0 Å². The van der Waals surface area contributed by atoms with Gasteiger partial charge in [-0.15, -0.1) is 0 Å². The number of rotatable bonds is 3. The van der Waals surface area contributed by atoms with Crippen molar-refractivity contribution in [3.05, 3.63) is 0 Å². The summed E-state index contributed by atoms with van der Waals surface area (Å²) in [6.07, 6.45) is 6.89. The highest BCUT2D eigenvalue weighted by atomic mass is 32.2. The second kappa shape index (κ2) is 5.55. The van der Waals surface area contributed by atoms with Gasteiger partial charge in [-0.25, -0.2) is 0 Å². The van der Waals surface area contributed by atoms with E-state index in [1.807, 2.05) is 0 Å². The van der Waals surface area contributed by atoms with Gasteiger partial charge in [-0.2, -0.15) is 11.8 Å². The molecule has 0 bridgehead atoms. The van der Waals surface area contributed by atoms with Gasteiger partial charge in [0, 0.05) is 12.1 Å². The van der Waals surface area contributed by atoms with E-state index in [0.29, 0.717) is 0 Å². The monoisotopic (exact) mass is 228 g/mol. The van der Waals surface area contributed by atoms with Crippen molar-refractivity contribution >= 4 is 11.8 Å². The van der Waals surface area contributed by atoms with E-state index in [9.17, 15) is 0 Å². The summed E-state index contributed by atoms with van der Waals surface area (Å²) in [4.78, 5) is 2.66. The maximum atomic E-state index is 5.86. The fraction of sp³-hybridized carbons (Fsp3) is 1.00. The molecule has 0 radical (unpaired) electrons. The Balaban J connectivity index is 1.90. The highest BCUT2D eigenvalue weighted by molar-refractivity contribution is 7.99. The van der Waals surface area contributed by atoms with Crippen LogP contribution in [0.5, 0.6) is 0 Å². The van der Waals surface area contributed by atoms with Gasteiger partial charge in [0.25, 0.3) is 0 Å². The van der Waals surface area contributed by atoms with Crippen molar-refractivity contribution in [3.8, 4) is 0 Å². The number of hydrogen-bond donors (Lipinski definition) is 1. The average molecular weight is 228 g/mol. The van der Waals surface area contributed by atoms with Crippen molar-refractivity contribution in [3.63, 3.8) is 0 Å². The van der Waals surface area contributed by atoms with Gasteiger partial charge in [-0.1, -0.05) is 6.42 Å². The third-order valence-corrected chi connectivity index (χ3v) is 5.26. The van der Waals surface area contributed by atoms with Crippen molar-refractivity contribution in [2.45, 2.75) is 44.2 Å². The molecular weight excluding hydrogens is 204 g/mol. The Morgan fingerprint density at radius 3 is 2.60 bits per heavy atom. The Morgan fingerprint density at radius 2 is 1.93 bits per heavy atom. The van der Waals surface area contributed by atoms with Crippen LogP contribution in [-0.4, -0.2) is 42.1 Å². The SMILES string of the molecule is CN(C1CCSCC1)C1CCCC1CN. The Hall–Kier alpha value is 0.270. The number of thioether (sulfide) groups is 1. The summed E-state index contributed by atoms with van der Waals surface area (Å²) >= 11 is 2.11. The Labute approximate surface area is 98.0 Å². The molecule has 0 spiro atoms. The van der Waals surface area contributed by atoms with Crippen molar-refractivity contribution in [2.75, 3.05) is 25.1 Å². The van der Waals surface area contributed by atoms with Gasteiger partial charge in [-0.3, -0.25) is 0 Å². The van der Waals surface area contributed by atoms with Crippen LogP contribution in [0.3, 0.4) is 0 Å². The third kappa shape index (κ3) is 2.69. The van der Waals surface area contributed by atoms with Gasteiger partial charge in [0.1, 0.15) is 0 Å². The Morgan fingerprint density at radius 1 is 1.20 bits per heavy atom. The largest absolute Gasteiger partial charge is 0.330 e. The molecule has 3 heteroatoms. The van der Waals surface area contributed by atoms with Crippen molar-refractivity contribution in [2.24, 2.45) is 11.7 Å². The van der Waals surface area contributed by atoms with Gasteiger partial charge in [-0.05, 0) is 56.7 Å². The Bertz CT molecular complexity index is 192. The van der Waals surface area contributed by atoms with Gasteiger partial charge in [0.05, 0.1) is 0 Å². The fourth-order valence-corrected chi connectivity index (χ4v) is 4.27. The van der Waals surface area contributed by atoms with E-state index in [1.54, 1.807) is 0 Å². The van der Waals surface area contributed by atoms with Crippen LogP contribution in [0.4, 0.5) is 0 Å². The smallest absolute Gasteiger partial charge is 0.0135 e. The van der Waals surface area contributed by atoms with Crippen LogP contribution in [0, 0.1) is 5.92 Å². The van der Waals surface area contributed by atoms with Gasteiger partial charge in [0.15, 0.2) is 0 Å². The maximum absolute atomic E-state index is 5.86. The van der Waals surface area contributed by atoms with Crippen LogP contribution in [0.15, 0.2) is 0 Å². The van der Waals surface area contributed by atoms with Gasteiger partial charge >= 0.3 is 0 Å². The van der Waals surface area contributed by atoms with E-state index in [1.165, 1.54) is 43.6 Å². The van der Waals surface area contributed by atoms with Crippen LogP contribution >= 0.6 is 11.8 Å². The molecule has 1 saturated heterocycles. The highest BCUT2D eigenvalue weighted by Gasteiger charge is 2.32. The van der Waals surface area contributed by atoms with Crippen LogP contribution in [0.25, 0.3) is 0 Å². The zero-order valence-electron chi connectivity index (χ0n) is 9.82. The lowest BCUT2D eigenvalue weighted by Crippen LogP contribution is -2.45. The normalized spacial score (nSPS) is 33.8. The molecule has 2 nitrogen and oxygen atoms in total. The minimum absolute atomic E-state index is 0.768. The lowest BCUT2D eigenvalue weighted by atomic mass is 9.99. The fourth-order valence-electron chi connectivity index (χ4n) is 3.19. The second-order valence-electron chi connectivity index (χ2n) is 5.00. The van der Waals surface area contributed by atoms with Crippen LogP contribution in [0.1, 0.15) is 32.1 Å².